The number of non-ortho nitro benzene ring substituents is 1. The van der Waals surface area contributed by atoms with E-state index in [0.717, 1.165) is 5.56 Å². The van der Waals surface area contributed by atoms with Crippen molar-refractivity contribution in [3.63, 3.8) is 0 Å². The number of halogens is 1. The summed E-state index contributed by atoms with van der Waals surface area (Å²) in [5.41, 5.74) is 0.761. The summed E-state index contributed by atoms with van der Waals surface area (Å²) in [6.07, 6.45) is 0. The molecule has 0 atom stereocenters. The van der Waals surface area contributed by atoms with Crippen molar-refractivity contribution in [2.45, 2.75) is 11.8 Å². The van der Waals surface area contributed by atoms with E-state index in [1.54, 1.807) is 13.0 Å². The maximum Gasteiger partial charge on any atom is 0.270 e. The predicted octanol–water partition coefficient (Wildman–Crippen LogP) is 2.56. The van der Waals surface area contributed by atoms with Gasteiger partial charge in [-0.05, 0) is 18.6 Å². The maximum atomic E-state index is 10.7. The second-order valence-electron chi connectivity index (χ2n) is 3.35. The Morgan fingerprint density at radius 1 is 1.41 bits per heavy atom. The molecule has 0 N–H and O–H groups in total. The van der Waals surface area contributed by atoms with Gasteiger partial charge in [0.1, 0.15) is 0 Å². The molecule has 0 aliphatic rings. The molecule has 0 aliphatic heterocycles. The van der Waals surface area contributed by atoms with Crippen LogP contribution < -0.4 is 0 Å². The van der Waals surface area contributed by atoms with Gasteiger partial charge in [0.05, 0.1) is 10.7 Å². The van der Waals surface area contributed by atoms with Crippen LogP contribution in [0, 0.1) is 17.0 Å². The van der Waals surface area contributed by atoms with Crippen LogP contribution in [0.25, 0.3) is 0 Å². The van der Waals surface area contributed by atoms with Gasteiger partial charge >= 0.3 is 0 Å². The van der Waals surface area contributed by atoms with Crippen molar-refractivity contribution < 1.29 is 13.3 Å². The smallest absolute Gasteiger partial charge is 0.258 e. The number of hydrogen-bond acceptors (Lipinski definition) is 5. The van der Waals surface area contributed by atoms with Crippen LogP contribution in [-0.4, -0.2) is 24.8 Å². The van der Waals surface area contributed by atoms with Crippen molar-refractivity contribution in [1.29, 1.82) is 0 Å². The highest BCUT2D eigenvalue weighted by Crippen LogP contribution is 2.25. The van der Waals surface area contributed by atoms with Crippen molar-refractivity contribution >= 4 is 37.2 Å². The van der Waals surface area contributed by atoms with Gasteiger partial charge in [-0.2, -0.15) is 0 Å². The summed E-state index contributed by atoms with van der Waals surface area (Å²) in [6.45, 7) is 1.75. The Bertz CT molecular complexity index is 530. The Kier molecular flexibility index (Phi) is 4.79. The van der Waals surface area contributed by atoms with Crippen LogP contribution in [0.15, 0.2) is 23.1 Å². The molecule has 0 aromatic heterocycles. The lowest BCUT2D eigenvalue weighted by Gasteiger charge is -2.02. The molecule has 0 amide bonds. The van der Waals surface area contributed by atoms with Gasteiger partial charge in [-0.15, -0.1) is 11.8 Å². The maximum absolute atomic E-state index is 10.7. The molecule has 0 aliphatic carbocycles. The van der Waals surface area contributed by atoms with E-state index in [2.05, 4.69) is 0 Å². The van der Waals surface area contributed by atoms with Gasteiger partial charge < -0.3 is 0 Å². The van der Waals surface area contributed by atoms with Gasteiger partial charge in [0.2, 0.25) is 9.05 Å². The van der Waals surface area contributed by atoms with Crippen LogP contribution >= 0.6 is 22.4 Å². The second-order valence-corrected chi connectivity index (χ2v) is 7.42. The number of rotatable bonds is 5. The van der Waals surface area contributed by atoms with E-state index >= 15 is 0 Å². The zero-order valence-electron chi connectivity index (χ0n) is 8.92. The monoisotopic (exact) mass is 295 g/mol. The third-order valence-electron chi connectivity index (χ3n) is 1.84. The summed E-state index contributed by atoms with van der Waals surface area (Å²) >= 11 is 1.22. The van der Waals surface area contributed by atoms with E-state index in [9.17, 15) is 18.5 Å². The van der Waals surface area contributed by atoms with Crippen molar-refractivity contribution in [2.24, 2.45) is 0 Å². The van der Waals surface area contributed by atoms with Crippen LogP contribution in [0.4, 0.5) is 5.69 Å². The quantitative estimate of drug-likeness (QED) is 0.361. The Balaban J connectivity index is 2.75. The van der Waals surface area contributed by atoms with Crippen LogP contribution in [0.2, 0.25) is 0 Å². The topological polar surface area (TPSA) is 77.3 Å². The van der Waals surface area contributed by atoms with Gasteiger partial charge in [-0.25, -0.2) is 8.42 Å². The molecule has 0 saturated carbocycles. The summed E-state index contributed by atoms with van der Waals surface area (Å²) < 4.78 is 21.4. The number of hydrogen-bond donors (Lipinski definition) is 0. The lowest BCUT2D eigenvalue weighted by molar-refractivity contribution is -0.385. The zero-order chi connectivity index (χ0) is 13.1. The molecule has 17 heavy (non-hydrogen) atoms. The minimum absolute atomic E-state index is 0.00114. The molecule has 0 saturated heterocycles. The van der Waals surface area contributed by atoms with Crippen molar-refractivity contribution in [1.82, 2.24) is 0 Å². The van der Waals surface area contributed by atoms with E-state index < -0.39 is 14.0 Å². The molecule has 0 spiro atoms. The van der Waals surface area contributed by atoms with Gasteiger partial charge in [0, 0.05) is 33.5 Å². The first kappa shape index (κ1) is 14.3. The average Bonchev–Trinajstić information content (AvgIpc) is 2.14. The number of nitro groups is 1. The van der Waals surface area contributed by atoms with E-state index in [-0.39, 0.29) is 17.2 Å². The van der Waals surface area contributed by atoms with Gasteiger partial charge in [0.15, 0.2) is 0 Å². The van der Waals surface area contributed by atoms with Crippen molar-refractivity contribution in [2.75, 3.05) is 11.5 Å². The molecule has 94 valence electrons. The van der Waals surface area contributed by atoms with Gasteiger partial charge in [-0.1, -0.05) is 0 Å². The van der Waals surface area contributed by atoms with E-state index in [1.165, 1.54) is 23.9 Å². The fourth-order valence-electron chi connectivity index (χ4n) is 1.18. The van der Waals surface area contributed by atoms with Crippen molar-refractivity contribution in [3.8, 4) is 0 Å². The molecule has 5 nitrogen and oxygen atoms in total. The first-order valence-corrected chi connectivity index (χ1v) is 8.05. The average molecular weight is 296 g/mol. The third-order valence-corrected chi connectivity index (χ3v) is 4.23. The first-order valence-electron chi connectivity index (χ1n) is 4.59. The molecule has 0 heterocycles. The minimum Gasteiger partial charge on any atom is -0.258 e. The molecule has 0 radical (unpaired) electrons. The number of nitro benzene ring substituents is 1. The summed E-state index contributed by atoms with van der Waals surface area (Å²) in [7, 11) is 1.55. The highest BCUT2D eigenvalue weighted by molar-refractivity contribution is 8.14. The Hall–Kier alpha value is -0.790. The Morgan fingerprint density at radius 2 is 2.06 bits per heavy atom. The molecule has 8 heteroatoms. The minimum atomic E-state index is -3.51. The molecular weight excluding hydrogens is 286 g/mol. The largest absolute Gasteiger partial charge is 0.270 e. The number of thioether (sulfide) groups is 1. The predicted molar refractivity (Wildman–Crippen MR) is 68.2 cm³/mol. The normalized spacial score (nSPS) is 11.4. The Labute approximate surface area is 108 Å². The van der Waals surface area contributed by atoms with E-state index in [1.807, 2.05) is 0 Å². The number of benzene rings is 1. The third kappa shape index (κ3) is 5.38. The van der Waals surface area contributed by atoms with E-state index in [0.29, 0.717) is 4.90 Å². The lowest BCUT2D eigenvalue weighted by atomic mass is 10.2. The molecule has 1 rings (SSSR count). The van der Waals surface area contributed by atoms with E-state index in [4.69, 9.17) is 10.7 Å². The van der Waals surface area contributed by atoms with Crippen molar-refractivity contribution in [3.05, 3.63) is 33.9 Å². The van der Waals surface area contributed by atoms with Crippen LogP contribution in [0.3, 0.4) is 0 Å². The van der Waals surface area contributed by atoms with Gasteiger partial charge in [0.25, 0.3) is 5.69 Å². The number of aryl methyl sites for hydroxylation is 1. The van der Waals surface area contributed by atoms with Crippen LogP contribution in [-0.2, 0) is 9.05 Å². The fraction of sp³-hybridized carbons (Fsp3) is 0.333. The van der Waals surface area contributed by atoms with Crippen LogP contribution in [0.1, 0.15) is 5.56 Å². The highest BCUT2D eigenvalue weighted by atomic mass is 35.7. The van der Waals surface area contributed by atoms with Gasteiger partial charge in [-0.3, -0.25) is 10.1 Å². The SMILES string of the molecule is Cc1cc(SCCS(=O)(=O)Cl)cc([N+](=O)[O-])c1. The lowest BCUT2D eigenvalue weighted by Crippen LogP contribution is -1.99. The molecule has 1 aromatic carbocycles. The molecule has 0 fully saturated rings. The zero-order valence-corrected chi connectivity index (χ0v) is 11.3. The molecule has 0 bridgehead atoms. The summed E-state index contributed by atoms with van der Waals surface area (Å²) in [6, 6.07) is 4.64. The number of nitrogens with zero attached hydrogens (tertiary/aromatic N) is 1. The standard InChI is InChI=1S/C9H10ClNO4S2/c1-7-4-8(11(12)13)6-9(5-7)16-2-3-17(10,14)15/h4-6H,2-3H2,1H3. The van der Waals surface area contributed by atoms with Crippen LogP contribution in [0.5, 0.6) is 0 Å². The second kappa shape index (κ2) is 5.70. The first-order chi connectivity index (χ1) is 7.78. The highest BCUT2D eigenvalue weighted by Gasteiger charge is 2.10. The summed E-state index contributed by atoms with van der Waals surface area (Å²) in [5, 5.41) is 10.6. The fourth-order valence-corrected chi connectivity index (χ4v) is 3.58. The Morgan fingerprint density at radius 3 is 2.59 bits per heavy atom. The molecule has 1 aromatic rings. The molecular formula is C9H10ClNO4S2. The molecule has 0 unspecified atom stereocenters. The summed E-state index contributed by atoms with van der Waals surface area (Å²) in [4.78, 5) is 10.8. The summed E-state index contributed by atoms with van der Waals surface area (Å²) in [5.74, 6) is 0.105.